The lowest BCUT2D eigenvalue weighted by Crippen LogP contribution is -2.47. The van der Waals surface area contributed by atoms with Crippen LogP contribution in [0.1, 0.15) is 44.6 Å². The summed E-state index contributed by atoms with van der Waals surface area (Å²) in [6.45, 7) is 1.59. The molecule has 1 aromatic rings. The van der Waals surface area contributed by atoms with Crippen molar-refractivity contribution in [3.63, 3.8) is 0 Å². The first-order valence-corrected chi connectivity index (χ1v) is 7.62. The number of H-pyrrole nitrogens is 1. The summed E-state index contributed by atoms with van der Waals surface area (Å²) < 4.78 is 27.2. The van der Waals surface area contributed by atoms with Crippen LogP contribution in [0.4, 0.5) is 0 Å². The normalized spacial score (nSPS) is 19.9. The fourth-order valence-electron chi connectivity index (χ4n) is 2.45. The molecule has 102 valence electrons. The van der Waals surface area contributed by atoms with E-state index in [-0.39, 0.29) is 11.6 Å². The second-order valence-electron chi connectivity index (χ2n) is 5.11. The number of rotatable bonds is 4. The van der Waals surface area contributed by atoms with Gasteiger partial charge in [-0.25, -0.2) is 13.1 Å². The Balaban J connectivity index is 2.21. The summed E-state index contributed by atoms with van der Waals surface area (Å²) in [7, 11) is -3.65. The lowest BCUT2D eigenvalue weighted by atomic mass is 9.84. The Kier molecular flexibility index (Phi) is 3.74. The van der Waals surface area contributed by atoms with E-state index < -0.39 is 15.6 Å². The van der Waals surface area contributed by atoms with Gasteiger partial charge in [-0.1, -0.05) is 19.3 Å². The van der Waals surface area contributed by atoms with Crippen molar-refractivity contribution in [2.24, 2.45) is 0 Å². The monoisotopic (exact) mass is 273 g/mol. The van der Waals surface area contributed by atoms with Gasteiger partial charge in [-0.3, -0.25) is 5.10 Å². The Hall–Kier alpha value is -0.920. The molecule has 1 fully saturated rings. The number of aromatic nitrogens is 2. The van der Waals surface area contributed by atoms with E-state index >= 15 is 0 Å². The number of aliphatic hydroxyl groups is 1. The molecule has 2 rings (SSSR count). The first kappa shape index (κ1) is 13.5. The minimum absolute atomic E-state index is 0.0307. The number of aliphatic hydroxyl groups excluding tert-OH is 1. The summed E-state index contributed by atoms with van der Waals surface area (Å²) in [5.74, 6) is 0. The quantitative estimate of drug-likeness (QED) is 0.759. The molecule has 1 heterocycles. The third-order valence-electron chi connectivity index (χ3n) is 3.46. The number of sulfonamides is 1. The third-order valence-corrected chi connectivity index (χ3v) is 5.11. The third kappa shape index (κ3) is 2.73. The second kappa shape index (κ2) is 4.99. The zero-order valence-electron chi connectivity index (χ0n) is 10.4. The number of aromatic amines is 1. The SMILES string of the molecule is CC1(NS(=O)(=O)c2[nH]ncc2CO)CCCCC1. The summed E-state index contributed by atoms with van der Waals surface area (Å²) in [5.41, 5.74) is -0.100. The van der Waals surface area contributed by atoms with Gasteiger partial charge in [-0.15, -0.1) is 0 Å². The molecule has 0 unspecified atom stereocenters. The Bertz CT molecular complexity index is 503. The molecular weight excluding hydrogens is 254 g/mol. The van der Waals surface area contributed by atoms with Gasteiger partial charge in [0.25, 0.3) is 10.0 Å². The van der Waals surface area contributed by atoms with Crippen LogP contribution >= 0.6 is 0 Å². The molecule has 0 spiro atoms. The maximum Gasteiger partial charge on any atom is 0.258 e. The van der Waals surface area contributed by atoms with Crippen molar-refractivity contribution >= 4 is 10.0 Å². The van der Waals surface area contributed by atoms with Crippen LogP contribution in [0.2, 0.25) is 0 Å². The van der Waals surface area contributed by atoms with Crippen LogP contribution in [0.15, 0.2) is 11.2 Å². The average Bonchev–Trinajstić information content (AvgIpc) is 2.77. The van der Waals surface area contributed by atoms with Gasteiger partial charge >= 0.3 is 0 Å². The van der Waals surface area contributed by atoms with Gasteiger partial charge in [0.05, 0.1) is 12.8 Å². The molecule has 1 aromatic heterocycles. The summed E-state index contributed by atoms with van der Waals surface area (Å²) in [6.07, 6.45) is 6.24. The molecule has 0 atom stereocenters. The van der Waals surface area contributed by atoms with Crippen molar-refractivity contribution < 1.29 is 13.5 Å². The van der Waals surface area contributed by atoms with E-state index in [1.54, 1.807) is 0 Å². The maximum absolute atomic E-state index is 12.3. The van der Waals surface area contributed by atoms with E-state index in [0.29, 0.717) is 5.56 Å². The standard InChI is InChI=1S/C11H19N3O3S/c1-11(5-3-2-4-6-11)14-18(16,17)10-9(8-15)7-12-13-10/h7,14-15H,2-6,8H2,1H3,(H,12,13). The van der Waals surface area contributed by atoms with E-state index in [4.69, 9.17) is 5.11 Å². The van der Waals surface area contributed by atoms with Crippen LogP contribution in [0.3, 0.4) is 0 Å². The summed E-state index contributed by atoms with van der Waals surface area (Å²) in [5, 5.41) is 15.2. The van der Waals surface area contributed by atoms with Gasteiger partial charge in [0.15, 0.2) is 5.03 Å². The van der Waals surface area contributed by atoms with Crippen molar-refractivity contribution in [1.82, 2.24) is 14.9 Å². The zero-order valence-corrected chi connectivity index (χ0v) is 11.3. The molecular formula is C11H19N3O3S. The van der Waals surface area contributed by atoms with Crippen LogP contribution in [0.25, 0.3) is 0 Å². The van der Waals surface area contributed by atoms with Gasteiger partial charge in [0.2, 0.25) is 0 Å². The highest BCUT2D eigenvalue weighted by atomic mass is 32.2. The minimum Gasteiger partial charge on any atom is -0.392 e. The van der Waals surface area contributed by atoms with Crippen molar-refractivity contribution in [3.05, 3.63) is 11.8 Å². The fourth-order valence-corrected chi connectivity index (χ4v) is 4.04. The minimum atomic E-state index is -3.65. The van der Waals surface area contributed by atoms with E-state index in [0.717, 1.165) is 32.1 Å². The summed E-state index contributed by atoms with van der Waals surface area (Å²) >= 11 is 0. The number of hydrogen-bond acceptors (Lipinski definition) is 4. The molecule has 3 N–H and O–H groups in total. The average molecular weight is 273 g/mol. The molecule has 0 bridgehead atoms. The molecule has 1 saturated carbocycles. The van der Waals surface area contributed by atoms with Gasteiger partial charge in [-0.05, 0) is 19.8 Å². The molecule has 0 amide bonds. The van der Waals surface area contributed by atoms with E-state index in [9.17, 15) is 8.42 Å². The van der Waals surface area contributed by atoms with Crippen LogP contribution in [-0.2, 0) is 16.6 Å². The van der Waals surface area contributed by atoms with Crippen LogP contribution in [0, 0.1) is 0 Å². The fraction of sp³-hybridized carbons (Fsp3) is 0.727. The number of hydrogen-bond donors (Lipinski definition) is 3. The van der Waals surface area contributed by atoms with Crippen LogP contribution < -0.4 is 4.72 Å². The summed E-state index contributed by atoms with van der Waals surface area (Å²) in [4.78, 5) is 0. The highest BCUT2D eigenvalue weighted by Crippen LogP contribution is 2.29. The van der Waals surface area contributed by atoms with E-state index in [1.165, 1.54) is 6.20 Å². The molecule has 7 heteroatoms. The van der Waals surface area contributed by atoms with Crippen molar-refractivity contribution in [3.8, 4) is 0 Å². The van der Waals surface area contributed by atoms with Crippen molar-refractivity contribution in [2.75, 3.05) is 0 Å². The smallest absolute Gasteiger partial charge is 0.258 e. The first-order valence-electron chi connectivity index (χ1n) is 6.14. The molecule has 18 heavy (non-hydrogen) atoms. The highest BCUT2D eigenvalue weighted by Gasteiger charge is 2.33. The molecule has 0 aliphatic heterocycles. The van der Waals surface area contributed by atoms with E-state index in [1.807, 2.05) is 6.92 Å². The molecule has 0 radical (unpaired) electrons. The maximum atomic E-state index is 12.3. The first-order chi connectivity index (χ1) is 8.47. The largest absolute Gasteiger partial charge is 0.392 e. The van der Waals surface area contributed by atoms with Gasteiger partial charge < -0.3 is 5.11 Å². The predicted molar refractivity (Wildman–Crippen MR) is 66.3 cm³/mol. The molecule has 1 aliphatic rings. The second-order valence-corrected chi connectivity index (χ2v) is 6.73. The van der Waals surface area contributed by atoms with Crippen molar-refractivity contribution in [2.45, 2.75) is 56.2 Å². The molecule has 6 nitrogen and oxygen atoms in total. The topological polar surface area (TPSA) is 95.1 Å². The van der Waals surface area contributed by atoms with Crippen molar-refractivity contribution in [1.29, 1.82) is 0 Å². The van der Waals surface area contributed by atoms with E-state index in [2.05, 4.69) is 14.9 Å². The lowest BCUT2D eigenvalue weighted by Gasteiger charge is -2.33. The number of nitrogens with zero attached hydrogens (tertiary/aromatic N) is 1. The Morgan fingerprint density at radius 3 is 2.72 bits per heavy atom. The molecule has 0 saturated heterocycles. The lowest BCUT2D eigenvalue weighted by molar-refractivity contribution is 0.277. The van der Waals surface area contributed by atoms with Crippen LogP contribution in [-0.4, -0.2) is 29.3 Å². The van der Waals surface area contributed by atoms with Gasteiger partial charge in [-0.2, -0.15) is 5.10 Å². The zero-order chi connectivity index (χ0) is 13.2. The van der Waals surface area contributed by atoms with Gasteiger partial charge in [0, 0.05) is 11.1 Å². The Labute approximate surface area is 107 Å². The predicted octanol–water partition coefficient (Wildman–Crippen LogP) is 0.903. The van der Waals surface area contributed by atoms with Crippen LogP contribution in [0.5, 0.6) is 0 Å². The molecule has 0 aromatic carbocycles. The number of nitrogens with one attached hydrogen (secondary N) is 2. The summed E-state index contributed by atoms with van der Waals surface area (Å²) in [6, 6.07) is 0. The Morgan fingerprint density at radius 1 is 1.44 bits per heavy atom. The molecule has 1 aliphatic carbocycles. The Morgan fingerprint density at radius 2 is 2.11 bits per heavy atom. The highest BCUT2D eigenvalue weighted by molar-refractivity contribution is 7.89. The van der Waals surface area contributed by atoms with Gasteiger partial charge in [0.1, 0.15) is 0 Å².